The van der Waals surface area contributed by atoms with E-state index in [9.17, 15) is 13.2 Å². The highest BCUT2D eigenvalue weighted by atomic mass is 19.4. The van der Waals surface area contributed by atoms with E-state index in [0.29, 0.717) is 24.9 Å². The third kappa shape index (κ3) is 10.2. The van der Waals surface area contributed by atoms with Crippen LogP contribution in [-0.4, -0.2) is 72.1 Å². The molecule has 0 unspecified atom stereocenters. The maximum Gasteiger partial charge on any atom is 0.421 e. The Kier molecular flexibility index (Phi) is 13.6. The smallest absolute Gasteiger partial charge is 0.372 e. The molecule has 2 aromatic rings. The molecule has 1 aliphatic carbocycles. The lowest BCUT2D eigenvalue weighted by Crippen LogP contribution is -2.46. The van der Waals surface area contributed by atoms with Gasteiger partial charge in [0.25, 0.3) is 0 Å². The van der Waals surface area contributed by atoms with Crippen LogP contribution in [0.2, 0.25) is 0 Å². The normalized spacial score (nSPS) is 20.0. The standard InChI is InChI=1S/C30H41F3N6.C7H17N/c1-4-22-18-25(38-16-12-20(2)13-17-38)10-11-27(22)36-29-35-19-26(30(31,32)33)28(37-29)34-14-5-15-39-21(3)23-6-8-24(39)9-7-23;1-4-6-8(3)7-5-2/h10-11,18-20,23-24H,3-9,12-17H2,1-2H3,(H2,34,35,36,37);4-7H2,1-3H3. The molecule has 0 atom stereocenters. The van der Waals surface area contributed by atoms with Crippen molar-refractivity contribution >= 4 is 23.1 Å². The number of aromatic nitrogens is 2. The van der Waals surface area contributed by atoms with Crippen LogP contribution in [0.4, 0.5) is 36.3 Å². The molecule has 4 heterocycles. The van der Waals surface area contributed by atoms with Crippen LogP contribution in [0.3, 0.4) is 0 Å². The van der Waals surface area contributed by atoms with Gasteiger partial charge in [-0.25, -0.2) is 4.98 Å². The predicted octanol–water partition coefficient (Wildman–Crippen LogP) is 8.97. The van der Waals surface area contributed by atoms with Crippen molar-refractivity contribution < 1.29 is 13.2 Å². The molecule has 1 aromatic carbocycles. The van der Waals surface area contributed by atoms with Crippen LogP contribution in [0, 0.1) is 11.8 Å². The lowest BCUT2D eigenvalue weighted by molar-refractivity contribution is -0.137. The zero-order valence-corrected chi connectivity index (χ0v) is 29.4. The molecule has 4 fully saturated rings. The quantitative estimate of drug-likeness (QED) is 0.209. The minimum absolute atomic E-state index is 0.154. The number of alkyl halides is 3. The van der Waals surface area contributed by atoms with Crippen LogP contribution < -0.4 is 15.5 Å². The average Bonchev–Trinajstić information content (AvgIpc) is 3.05. The average molecular weight is 658 g/mol. The van der Waals surface area contributed by atoms with Crippen LogP contribution >= 0.6 is 0 Å². The van der Waals surface area contributed by atoms with Gasteiger partial charge in [-0.2, -0.15) is 18.2 Å². The molecule has 1 aromatic heterocycles. The number of hydrogen-bond acceptors (Lipinski definition) is 7. The van der Waals surface area contributed by atoms with E-state index < -0.39 is 11.7 Å². The summed E-state index contributed by atoms with van der Waals surface area (Å²) in [5.74, 6) is 1.30. The van der Waals surface area contributed by atoms with E-state index in [1.54, 1.807) is 0 Å². The van der Waals surface area contributed by atoms with Gasteiger partial charge in [-0.05, 0) is 120 Å². The van der Waals surface area contributed by atoms with Crippen LogP contribution in [0.5, 0.6) is 0 Å². The van der Waals surface area contributed by atoms with Gasteiger partial charge in [0.1, 0.15) is 11.4 Å². The number of piperidine rings is 3. The van der Waals surface area contributed by atoms with Gasteiger partial charge in [0.05, 0.1) is 0 Å². The van der Waals surface area contributed by atoms with Gasteiger partial charge in [0.15, 0.2) is 0 Å². The van der Waals surface area contributed by atoms with E-state index in [2.05, 4.69) is 88.8 Å². The lowest BCUT2D eigenvalue weighted by atomic mass is 9.78. The summed E-state index contributed by atoms with van der Waals surface area (Å²) in [7, 11) is 2.17. The van der Waals surface area contributed by atoms with Gasteiger partial charge >= 0.3 is 6.18 Å². The topological polar surface area (TPSA) is 59.6 Å². The number of nitrogens with zero attached hydrogens (tertiary/aromatic N) is 5. The Bertz CT molecular complexity index is 1260. The number of anilines is 4. The summed E-state index contributed by atoms with van der Waals surface area (Å²) in [6.07, 6.45) is 7.55. The number of allylic oxidation sites excluding steroid dienone is 1. The number of fused-ring (bicyclic) bond motifs is 3. The fourth-order valence-corrected chi connectivity index (χ4v) is 7.21. The van der Waals surface area contributed by atoms with Crippen molar-refractivity contribution in [2.24, 2.45) is 11.8 Å². The van der Waals surface area contributed by atoms with E-state index in [4.69, 9.17) is 0 Å². The van der Waals surface area contributed by atoms with Gasteiger partial charge in [-0.3, -0.25) is 0 Å². The summed E-state index contributed by atoms with van der Waals surface area (Å²) in [6, 6.07) is 6.75. The molecule has 0 radical (unpaired) electrons. The highest BCUT2D eigenvalue weighted by Gasteiger charge is 2.37. The Labute approximate surface area is 281 Å². The van der Waals surface area contributed by atoms with Crippen molar-refractivity contribution in [1.82, 2.24) is 19.8 Å². The summed E-state index contributed by atoms with van der Waals surface area (Å²) in [6.45, 7) is 18.9. The summed E-state index contributed by atoms with van der Waals surface area (Å²) in [5, 5.41) is 6.13. The van der Waals surface area contributed by atoms with Crippen molar-refractivity contribution in [3.63, 3.8) is 0 Å². The first kappa shape index (κ1) is 36.8. The number of hydrogen-bond donors (Lipinski definition) is 2. The fourth-order valence-electron chi connectivity index (χ4n) is 7.21. The molecule has 3 saturated heterocycles. The molecule has 0 amide bonds. The number of halogens is 3. The van der Waals surface area contributed by atoms with E-state index in [0.717, 1.165) is 49.4 Å². The second kappa shape index (κ2) is 17.4. The monoisotopic (exact) mass is 657 g/mol. The minimum atomic E-state index is -4.54. The largest absolute Gasteiger partial charge is 0.421 e. The van der Waals surface area contributed by atoms with E-state index >= 15 is 0 Å². The highest BCUT2D eigenvalue weighted by molar-refractivity contribution is 5.65. The Morgan fingerprint density at radius 3 is 2.28 bits per heavy atom. The van der Waals surface area contributed by atoms with E-state index in [1.165, 1.54) is 75.8 Å². The first-order valence-corrected chi connectivity index (χ1v) is 18.0. The first-order valence-electron chi connectivity index (χ1n) is 18.0. The summed E-state index contributed by atoms with van der Waals surface area (Å²) < 4.78 is 41.3. The summed E-state index contributed by atoms with van der Waals surface area (Å²) >= 11 is 0. The van der Waals surface area contributed by atoms with E-state index in [1.807, 2.05) is 6.07 Å². The van der Waals surface area contributed by atoms with Gasteiger partial charge in [-0.15, -0.1) is 0 Å². The Balaban J connectivity index is 0.000000555. The van der Waals surface area contributed by atoms with Crippen LogP contribution in [0.25, 0.3) is 0 Å². The molecule has 0 spiro atoms. The predicted molar refractivity (Wildman–Crippen MR) is 190 cm³/mol. The number of aryl methyl sites for hydroxylation is 1. The van der Waals surface area contributed by atoms with Crippen molar-refractivity contribution in [3.05, 3.63) is 47.8 Å². The summed E-state index contributed by atoms with van der Waals surface area (Å²) in [4.78, 5) is 15.4. The van der Waals surface area contributed by atoms with Crippen LogP contribution in [-0.2, 0) is 12.6 Å². The molecule has 6 rings (SSSR count). The SMILES string of the molecule is C=C1C2CCC(CC2)N1CCCNc1nc(Nc2ccc(N3CCC(C)CC3)cc2CC)ncc1C(F)(F)F.CCCN(C)CCC. The molecule has 7 nitrogen and oxygen atoms in total. The maximum atomic E-state index is 13.8. The lowest BCUT2D eigenvalue weighted by Gasteiger charge is -2.48. The fraction of sp³-hybridized carbons (Fsp3) is 0.676. The van der Waals surface area contributed by atoms with Crippen molar-refractivity contribution in [2.75, 3.05) is 61.8 Å². The second-order valence-corrected chi connectivity index (χ2v) is 13.7. The minimum Gasteiger partial charge on any atom is -0.372 e. The molecule has 262 valence electrons. The number of benzene rings is 1. The Hall–Kier alpha value is -3.01. The third-order valence-corrected chi connectivity index (χ3v) is 10.0. The maximum absolute atomic E-state index is 13.8. The molecule has 2 N–H and O–H groups in total. The molecular weight excluding hydrogens is 599 g/mol. The van der Waals surface area contributed by atoms with Gasteiger partial charge < -0.3 is 25.3 Å². The third-order valence-electron chi connectivity index (χ3n) is 10.0. The molecule has 10 heteroatoms. The molecule has 4 aliphatic rings. The zero-order chi connectivity index (χ0) is 34.0. The Morgan fingerprint density at radius 1 is 1.00 bits per heavy atom. The Morgan fingerprint density at radius 2 is 1.68 bits per heavy atom. The molecular formula is C37H58F3N7. The van der Waals surface area contributed by atoms with Crippen molar-refractivity contribution in [2.45, 2.75) is 104 Å². The van der Waals surface area contributed by atoms with Crippen molar-refractivity contribution in [3.8, 4) is 0 Å². The van der Waals surface area contributed by atoms with Crippen LogP contribution in [0.1, 0.15) is 96.6 Å². The van der Waals surface area contributed by atoms with E-state index in [-0.39, 0.29) is 11.8 Å². The van der Waals surface area contributed by atoms with Gasteiger partial charge in [0, 0.05) is 55.5 Å². The van der Waals surface area contributed by atoms with Gasteiger partial charge in [0.2, 0.25) is 5.95 Å². The van der Waals surface area contributed by atoms with Crippen LogP contribution in [0.15, 0.2) is 36.7 Å². The van der Waals surface area contributed by atoms with Crippen molar-refractivity contribution in [1.29, 1.82) is 0 Å². The molecule has 1 saturated carbocycles. The number of rotatable bonds is 13. The molecule has 2 bridgehead atoms. The van der Waals surface area contributed by atoms with Gasteiger partial charge in [-0.1, -0.05) is 34.3 Å². The molecule has 3 aliphatic heterocycles. The molecule has 47 heavy (non-hydrogen) atoms. The highest BCUT2D eigenvalue weighted by Crippen LogP contribution is 2.41. The zero-order valence-electron chi connectivity index (χ0n) is 29.4. The second-order valence-electron chi connectivity index (χ2n) is 13.7. The first-order chi connectivity index (χ1) is 22.5. The number of nitrogens with one attached hydrogen (secondary N) is 2. The summed E-state index contributed by atoms with van der Waals surface area (Å²) in [5.41, 5.74) is 3.44.